The van der Waals surface area contributed by atoms with Crippen LogP contribution in [0.5, 0.6) is 11.5 Å². The number of aliphatic hydroxyl groups is 1. The van der Waals surface area contributed by atoms with Gasteiger partial charge in [0, 0.05) is 6.20 Å². The van der Waals surface area contributed by atoms with E-state index in [0.717, 1.165) is 23.9 Å². The SMILES string of the molecule is COC(=O)N1C(=O)[C@@H]2[C@@H](CC(CO)=C3[C@@H](CC/C(=C/c4cc(I)c(O)c(OC)c4)c4ccccn4)OB(O)C[C@@H]32)C1=O. The molecule has 3 N–H and O–H groups in total. The van der Waals surface area contributed by atoms with Gasteiger partial charge in [0.25, 0.3) is 0 Å². The van der Waals surface area contributed by atoms with Crippen LogP contribution < -0.4 is 4.74 Å². The van der Waals surface area contributed by atoms with Crippen LogP contribution in [0, 0.1) is 21.3 Å². The number of aliphatic hydroxyl groups excluding tert-OH is 1. The Morgan fingerprint density at radius 1 is 1.24 bits per heavy atom. The smallest absolute Gasteiger partial charge is 0.455 e. The maximum Gasteiger partial charge on any atom is 0.455 e. The summed E-state index contributed by atoms with van der Waals surface area (Å²) >= 11 is 2.03. The fourth-order valence-corrected chi connectivity index (χ4v) is 6.95. The van der Waals surface area contributed by atoms with Crippen molar-refractivity contribution in [2.24, 2.45) is 17.8 Å². The Morgan fingerprint density at radius 3 is 2.69 bits per heavy atom. The molecule has 13 heteroatoms. The first kappa shape index (κ1) is 30.2. The molecular formula is C29H30BIN2O9. The van der Waals surface area contributed by atoms with E-state index in [9.17, 15) is 29.6 Å². The summed E-state index contributed by atoms with van der Waals surface area (Å²) in [5.74, 6) is -3.20. The summed E-state index contributed by atoms with van der Waals surface area (Å²) in [6.07, 6.45) is 2.91. The Labute approximate surface area is 256 Å². The topological polar surface area (TPSA) is 156 Å². The van der Waals surface area contributed by atoms with Crippen LogP contribution in [0.2, 0.25) is 6.32 Å². The fraction of sp³-hybridized carbons (Fsp3) is 0.379. The highest BCUT2D eigenvalue weighted by Crippen LogP contribution is 2.50. The number of amides is 3. The predicted molar refractivity (Wildman–Crippen MR) is 160 cm³/mol. The second kappa shape index (κ2) is 12.5. The minimum Gasteiger partial charge on any atom is -0.504 e. The van der Waals surface area contributed by atoms with Gasteiger partial charge in [-0.25, -0.2) is 4.79 Å². The van der Waals surface area contributed by atoms with Gasteiger partial charge in [-0.1, -0.05) is 6.07 Å². The molecule has 42 heavy (non-hydrogen) atoms. The summed E-state index contributed by atoms with van der Waals surface area (Å²) in [7, 11) is 1.38. The number of aromatic nitrogens is 1. The lowest BCUT2D eigenvalue weighted by Crippen LogP contribution is -2.46. The number of nitrogens with zero attached hydrogens (tertiary/aromatic N) is 2. The van der Waals surface area contributed by atoms with Crippen molar-refractivity contribution in [1.82, 2.24) is 9.88 Å². The zero-order chi connectivity index (χ0) is 30.1. The maximum absolute atomic E-state index is 13.3. The minimum absolute atomic E-state index is 0.0510. The van der Waals surface area contributed by atoms with E-state index in [0.29, 0.717) is 38.2 Å². The van der Waals surface area contributed by atoms with Crippen LogP contribution in [0.15, 0.2) is 47.7 Å². The number of phenols is 1. The number of methoxy groups -OCH3 is 2. The first-order valence-corrected chi connectivity index (χ1v) is 14.6. The van der Waals surface area contributed by atoms with Gasteiger partial charge in [-0.2, -0.15) is 4.90 Å². The molecule has 2 saturated heterocycles. The number of imide groups is 3. The second-order valence-corrected chi connectivity index (χ2v) is 11.6. The third-order valence-electron chi connectivity index (χ3n) is 8.14. The quantitative estimate of drug-likeness (QED) is 0.171. The molecule has 0 spiro atoms. The van der Waals surface area contributed by atoms with E-state index in [1.165, 1.54) is 7.11 Å². The number of hydrogen-bond acceptors (Lipinski definition) is 10. The van der Waals surface area contributed by atoms with E-state index < -0.39 is 48.9 Å². The molecule has 1 aromatic heterocycles. The number of carbonyl (C=O) groups excluding carboxylic acids is 3. The summed E-state index contributed by atoms with van der Waals surface area (Å²) < 4.78 is 16.6. The molecule has 1 aliphatic carbocycles. The molecule has 0 radical (unpaired) electrons. The lowest BCUT2D eigenvalue weighted by Gasteiger charge is -2.42. The monoisotopic (exact) mass is 688 g/mol. The van der Waals surface area contributed by atoms with Crippen LogP contribution in [0.25, 0.3) is 11.6 Å². The molecule has 3 aliphatic rings. The number of halogens is 1. The van der Waals surface area contributed by atoms with Gasteiger partial charge < -0.3 is 29.4 Å². The third kappa shape index (κ3) is 5.57. The number of carbonyl (C=O) groups is 3. The molecule has 2 aliphatic heterocycles. The van der Waals surface area contributed by atoms with Crippen molar-refractivity contribution in [3.63, 3.8) is 0 Å². The van der Waals surface area contributed by atoms with Gasteiger partial charge in [-0.15, -0.1) is 0 Å². The average molecular weight is 688 g/mol. The molecule has 220 valence electrons. The van der Waals surface area contributed by atoms with Crippen molar-refractivity contribution in [3.8, 4) is 11.5 Å². The Kier molecular flexibility index (Phi) is 9.01. The highest BCUT2D eigenvalue weighted by atomic mass is 127. The molecule has 3 heterocycles. The maximum atomic E-state index is 13.3. The second-order valence-electron chi connectivity index (χ2n) is 10.4. The van der Waals surface area contributed by atoms with E-state index in [4.69, 9.17) is 9.39 Å². The van der Waals surface area contributed by atoms with E-state index >= 15 is 0 Å². The lowest BCUT2D eigenvalue weighted by molar-refractivity contribution is -0.137. The first-order chi connectivity index (χ1) is 20.2. The van der Waals surface area contributed by atoms with Gasteiger partial charge in [-0.05, 0) is 107 Å². The van der Waals surface area contributed by atoms with Crippen molar-refractivity contribution < 1.29 is 43.7 Å². The molecule has 11 nitrogen and oxygen atoms in total. The van der Waals surface area contributed by atoms with Gasteiger partial charge >= 0.3 is 13.2 Å². The van der Waals surface area contributed by atoms with E-state index in [1.54, 1.807) is 12.3 Å². The predicted octanol–water partition coefficient (Wildman–Crippen LogP) is 3.28. The van der Waals surface area contributed by atoms with Crippen LogP contribution in [0.1, 0.15) is 30.5 Å². The Hall–Kier alpha value is -3.27. The number of likely N-dealkylation sites (tertiary alicyclic amines) is 1. The van der Waals surface area contributed by atoms with Gasteiger partial charge in [0.2, 0.25) is 11.8 Å². The van der Waals surface area contributed by atoms with E-state index in [1.807, 2.05) is 52.9 Å². The van der Waals surface area contributed by atoms with Gasteiger partial charge in [-0.3, -0.25) is 14.6 Å². The summed E-state index contributed by atoms with van der Waals surface area (Å²) in [6.45, 7) is -0.348. The van der Waals surface area contributed by atoms with E-state index in [-0.39, 0.29) is 25.1 Å². The number of rotatable bonds is 7. The van der Waals surface area contributed by atoms with Crippen LogP contribution in [0.4, 0.5) is 4.79 Å². The molecule has 5 rings (SSSR count). The van der Waals surface area contributed by atoms with Crippen molar-refractivity contribution in [3.05, 3.63) is 62.5 Å². The summed E-state index contributed by atoms with van der Waals surface area (Å²) in [4.78, 5) is 43.7. The van der Waals surface area contributed by atoms with Crippen LogP contribution in [-0.2, 0) is 19.0 Å². The minimum atomic E-state index is -1.21. The number of benzene rings is 1. The molecule has 3 amide bonds. The number of allylic oxidation sites excluding steroid dienone is 1. The van der Waals surface area contributed by atoms with Gasteiger partial charge in [0.15, 0.2) is 11.5 Å². The number of aromatic hydroxyl groups is 1. The number of pyridine rings is 1. The molecule has 2 aromatic rings. The molecule has 0 unspecified atom stereocenters. The Balaban J connectivity index is 1.48. The zero-order valence-electron chi connectivity index (χ0n) is 23.0. The standard InChI is InChI=1S/C29H30BIN2O9/c1-40-23-11-15(10-20(31)26(23)35)9-16(21-5-3-4-8-32-21)6-7-22-24-17(14-34)12-18-25(19(24)13-30(39)42-22)28(37)33(27(18)36)29(38)41-2/h3-5,8-11,18-19,22,25,34-35,39H,6-7,12-14H2,1-2H3/b16-9-/t18-,19+,22-,25-/m1/s1. The zero-order valence-corrected chi connectivity index (χ0v) is 25.2. The average Bonchev–Trinajstić information content (AvgIpc) is 3.25. The summed E-state index contributed by atoms with van der Waals surface area (Å²) in [5, 5.41) is 31.3. The molecule has 2 fully saturated rings. The molecule has 1 aromatic carbocycles. The van der Waals surface area contributed by atoms with Crippen molar-refractivity contribution in [2.45, 2.75) is 31.7 Å². The Morgan fingerprint density at radius 2 is 2.02 bits per heavy atom. The molecule has 0 bridgehead atoms. The van der Waals surface area contributed by atoms with Gasteiger partial charge in [0.1, 0.15) is 0 Å². The van der Waals surface area contributed by atoms with Crippen LogP contribution >= 0.6 is 22.6 Å². The van der Waals surface area contributed by atoms with Crippen molar-refractivity contribution >= 4 is 59.3 Å². The molecule has 0 saturated carbocycles. The van der Waals surface area contributed by atoms with Crippen LogP contribution in [0.3, 0.4) is 0 Å². The number of hydrogen-bond donors (Lipinski definition) is 3. The lowest BCUT2D eigenvalue weighted by atomic mass is 9.58. The third-order valence-corrected chi connectivity index (χ3v) is 8.96. The fourth-order valence-electron chi connectivity index (χ4n) is 6.33. The molecular weight excluding hydrogens is 658 g/mol. The van der Waals surface area contributed by atoms with Gasteiger partial charge in [0.05, 0.1) is 48.0 Å². The van der Waals surface area contributed by atoms with E-state index in [2.05, 4.69) is 9.72 Å². The highest BCUT2D eigenvalue weighted by Gasteiger charge is 2.59. The van der Waals surface area contributed by atoms with Crippen LogP contribution in [-0.4, -0.2) is 77.1 Å². The summed E-state index contributed by atoms with van der Waals surface area (Å²) in [6, 6.07) is 9.11. The number of fused-ring (bicyclic) bond motifs is 3. The number of phenolic OH excluding ortho intramolecular Hbond substituents is 1. The first-order valence-electron chi connectivity index (χ1n) is 13.5. The highest BCUT2D eigenvalue weighted by molar-refractivity contribution is 14.1. The van der Waals surface area contributed by atoms with Crippen molar-refractivity contribution in [2.75, 3.05) is 20.8 Å². The normalized spacial score (nSPS) is 24.1. The molecule has 4 atom stereocenters. The largest absolute Gasteiger partial charge is 0.504 e. The Bertz CT molecular complexity index is 1460. The summed E-state index contributed by atoms with van der Waals surface area (Å²) in [5.41, 5.74) is 3.62. The van der Waals surface area contributed by atoms with Crippen molar-refractivity contribution in [1.29, 1.82) is 0 Å². The number of ether oxygens (including phenoxy) is 2.